The van der Waals surface area contributed by atoms with Gasteiger partial charge in [0.2, 0.25) is 11.8 Å². The van der Waals surface area contributed by atoms with E-state index in [-0.39, 0.29) is 5.91 Å². The van der Waals surface area contributed by atoms with Gasteiger partial charge in [-0.25, -0.2) is 9.97 Å². The van der Waals surface area contributed by atoms with E-state index in [0.29, 0.717) is 12.4 Å². The van der Waals surface area contributed by atoms with Crippen LogP contribution < -0.4 is 0 Å². The van der Waals surface area contributed by atoms with Crippen LogP contribution in [0.4, 0.5) is 0 Å². The zero-order valence-electron chi connectivity index (χ0n) is 28.5. The van der Waals surface area contributed by atoms with E-state index in [1.807, 2.05) is 6.20 Å². The normalized spacial score (nSPS) is 14.0. The second-order valence-electron chi connectivity index (χ2n) is 11.8. The molecular formula is C37H53N5O4. The molecule has 1 aliphatic heterocycles. The van der Waals surface area contributed by atoms with Gasteiger partial charge in [0.1, 0.15) is 17.8 Å². The molecule has 3 aromatic rings. The Kier molecular flexibility index (Phi) is 16.1. The summed E-state index contributed by atoms with van der Waals surface area (Å²) in [5.74, 6) is 2.71. The van der Waals surface area contributed by atoms with Crippen molar-refractivity contribution in [1.29, 1.82) is 0 Å². The van der Waals surface area contributed by atoms with Crippen LogP contribution >= 0.6 is 0 Å². The maximum Gasteiger partial charge on any atom is 0.236 e. The second-order valence-corrected chi connectivity index (χ2v) is 11.8. The number of aromatic amines is 1. The molecule has 1 aliphatic rings. The van der Waals surface area contributed by atoms with Crippen molar-refractivity contribution >= 4 is 23.1 Å². The minimum absolute atomic E-state index is 0.164. The molecule has 1 amide bonds. The average molecular weight is 632 g/mol. The van der Waals surface area contributed by atoms with Crippen molar-refractivity contribution in [1.82, 2.24) is 24.8 Å². The van der Waals surface area contributed by atoms with Gasteiger partial charge in [-0.1, -0.05) is 57.0 Å². The number of carbonyl (C=O) groups excluding carboxylic acids is 1. The molecule has 1 saturated heterocycles. The number of benzene rings is 1. The standard InChI is InChI=1S/C29H37N3O2.C8H16N2O2/c1-5-6-16-27(33-4)25(20-24-15-12-11-13-22(24)2)26-21-31-28(32-26)17-10-8-7-9-14-23(3)29-30-18-19-34-29;1-9(2)8(11)7-10-3-5-12-6-4-10/h11-13,15-16,18-21H,3,5-10,14,17H2,1-2,4H3,(H,31,32);3-7H2,1-2H3/b25-20-,27-16-;. The number of rotatable bonds is 16. The molecule has 9 nitrogen and oxygen atoms in total. The van der Waals surface area contributed by atoms with E-state index in [1.54, 1.807) is 38.6 Å². The molecule has 4 rings (SSSR count). The zero-order chi connectivity index (χ0) is 33.1. The summed E-state index contributed by atoms with van der Waals surface area (Å²) in [4.78, 5) is 27.3. The van der Waals surface area contributed by atoms with E-state index in [1.165, 1.54) is 11.1 Å². The van der Waals surface area contributed by atoms with Crippen LogP contribution in [0.15, 0.2) is 65.8 Å². The molecule has 3 heterocycles. The number of unbranched alkanes of at least 4 members (excludes halogenated alkanes) is 4. The first-order valence-corrected chi connectivity index (χ1v) is 16.5. The topological polar surface area (TPSA) is 96.7 Å². The Morgan fingerprint density at radius 2 is 1.89 bits per heavy atom. The number of methoxy groups -OCH3 is 1. The average Bonchev–Trinajstić information content (AvgIpc) is 3.77. The van der Waals surface area contributed by atoms with Crippen LogP contribution in [0.25, 0.3) is 17.2 Å². The number of nitrogens with one attached hydrogen (secondary N) is 1. The van der Waals surface area contributed by atoms with Crippen LogP contribution in [0.1, 0.15) is 80.4 Å². The van der Waals surface area contributed by atoms with E-state index < -0.39 is 0 Å². The molecule has 9 heteroatoms. The highest BCUT2D eigenvalue weighted by molar-refractivity contribution is 5.88. The van der Waals surface area contributed by atoms with Gasteiger partial charge < -0.3 is 23.8 Å². The van der Waals surface area contributed by atoms with Gasteiger partial charge >= 0.3 is 0 Å². The molecule has 1 N–H and O–H groups in total. The van der Waals surface area contributed by atoms with Gasteiger partial charge in [-0.3, -0.25) is 9.69 Å². The van der Waals surface area contributed by atoms with Gasteiger partial charge in [0, 0.05) is 44.8 Å². The Balaban J connectivity index is 0.000000402. The highest BCUT2D eigenvalue weighted by Gasteiger charge is 2.15. The van der Waals surface area contributed by atoms with Gasteiger partial charge in [-0.2, -0.15) is 0 Å². The van der Waals surface area contributed by atoms with Crippen LogP contribution in [0.2, 0.25) is 0 Å². The fraction of sp³-hybridized carbons (Fsp3) is 0.486. The predicted molar refractivity (Wildman–Crippen MR) is 186 cm³/mol. The molecule has 1 fully saturated rings. The lowest BCUT2D eigenvalue weighted by Crippen LogP contribution is -2.42. The molecule has 250 valence electrons. The van der Waals surface area contributed by atoms with Crippen LogP contribution in [-0.4, -0.2) is 84.7 Å². The lowest BCUT2D eigenvalue weighted by Gasteiger charge is -2.26. The smallest absolute Gasteiger partial charge is 0.236 e. The van der Waals surface area contributed by atoms with E-state index >= 15 is 0 Å². The number of amides is 1. The number of carbonyl (C=O) groups is 1. The van der Waals surface area contributed by atoms with Crippen LogP contribution in [0, 0.1) is 6.92 Å². The summed E-state index contributed by atoms with van der Waals surface area (Å²) >= 11 is 0. The number of allylic oxidation sites excluding steroid dienone is 3. The summed E-state index contributed by atoms with van der Waals surface area (Å²) < 4.78 is 16.3. The molecule has 2 aromatic heterocycles. The fourth-order valence-corrected chi connectivity index (χ4v) is 4.97. The second kappa shape index (κ2) is 20.2. The van der Waals surface area contributed by atoms with Crippen molar-refractivity contribution in [2.24, 2.45) is 0 Å². The first-order valence-electron chi connectivity index (χ1n) is 16.5. The number of aryl methyl sites for hydroxylation is 2. The maximum absolute atomic E-state index is 11.3. The number of aromatic nitrogens is 3. The number of nitrogens with zero attached hydrogens (tertiary/aromatic N) is 4. The molecular weight excluding hydrogens is 578 g/mol. The number of ether oxygens (including phenoxy) is 2. The Labute approximate surface area is 275 Å². The number of H-pyrrole nitrogens is 1. The molecule has 1 aromatic carbocycles. The Morgan fingerprint density at radius 1 is 1.13 bits per heavy atom. The number of likely N-dealkylation sites (N-methyl/N-ethyl adjacent to an activating group) is 1. The maximum atomic E-state index is 11.3. The number of morpholine rings is 1. The number of hydrogen-bond donors (Lipinski definition) is 1. The van der Waals surface area contributed by atoms with Crippen LogP contribution in [0.3, 0.4) is 0 Å². The van der Waals surface area contributed by atoms with Crippen molar-refractivity contribution in [3.05, 3.63) is 89.9 Å². The summed E-state index contributed by atoms with van der Waals surface area (Å²) in [6.07, 6.45) is 17.9. The molecule has 0 unspecified atom stereocenters. The molecule has 0 radical (unpaired) electrons. The monoisotopic (exact) mass is 631 g/mol. The third kappa shape index (κ3) is 12.4. The summed E-state index contributed by atoms with van der Waals surface area (Å²) in [5.41, 5.74) is 5.41. The van der Waals surface area contributed by atoms with Gasteiger partial charge in [0.15, 0.2) is 0 Å². The largest absolute Gasteiger partial charge is 0.496 e. The number of imidazole rings is 1. The lowest BCUT2D eigenvalue weighted by atomic mass is 10.0. The summed E-state index contributed by atoms with van der Waals surface area (Å²) in [6, 6.07) is 8.40. The number of oxazole rings is 1. The van der Waals surface area contributed by atoms with Gasteiger partial charge in [0.25, 0.3) is 0 Å². The summed E-state index contributed by atoms with van der Waals surface area (Å²) in [7, 11) is 5.30. The molecule has 0 bridgehead atoms. The fourth-order valence-electron chi connectivity index (χ4n) is 4.97. The molecule has 0 aliphatic carbocycles. The zero-order valence-corrected chi connectivity index (χ0v) is 28.5. The quantitative estimate of drug-likeness (QED) is 0.102. The van der Waals surface area contributed by atoms with Crippen molar-refractivity contribution in [3.8, 4) is 0 Å². The highest BCUT2D eigenvalue weighted by Crippen LogP contribution is 2.27. The van der Waals surface area contributed by atoms with Crippen molar-refractivity contribution < 1.29 is 18.7 Å². The van der Waals surface area contributed by atoms with E-state index in [9.17, 15) is 4.79 Å². The highest BCUT2D eigenvalue weighted by atomic mass is 16.5. The van der Waals surface area contributed by atoms with Gasteiger partial charge in [-0.05, 0) is 55.9 Å². The Hall–Kier alpha value is -3.95. The first kappa shape index (κ1) is 36.5. The number of hydrogen-bond acceptors (Lipinski definition) is 7. The van der Waals surface area contributed by atoms with Crippen molar-refractivity contribution in [2.45, 2.75) is 65.2 Å². The lowest BCUT2D eigenvalue weighted by molar-refractivity contribution is -0.130. The van der Waals surface area contributed by atoms with Gasteiger partial charge in [0.05, 0.1) is 45.0 Å². The Morgan fingerprint density at radius 3 is 2.57 bits per heavy atom. The van der Waals surface area contributed by atoms with Crippen molar-refractivity contribution in [3.63, 3.8) is 0 Å². The third-order valence-electron chi connectivity index (χ3n) is 7.85. The minimum atomic E-state index is 0.164. The summed E-state index contributed by atoms with van der Waals surface area (Å²) in [5, 5.41) is 0. The minimum Gasteiger partial charge on any atom is -0.496 e. The Bertz CT molecular complexity index is 1380. The molecule has 0 atom stereocenters. The first-order chi connectivity index (χ1) is 22.3. The SMILES string of the molecule is C=C(CCCCCCc1ncc(C(=C/c2ccccc2C)/C(=C/CCC)OC)[nH]1)c1ncco1.CN(C)C(=O)CN1CCOCC1. The predicted octanol–water partition coefficient (Wildman–Crippen LogP) is 7.19. The molecule has 46 heavy (non-hydrogen) atoms. The molecule has 0 spiro atoms. The van der Waals surface area contributed by atoms with Crippen LogP contribution in [0.5, 0.6) is 0 Å². The van der Waals surface area contributed by atoms with Crippen molar-refractivity contribution in [2.75, 3.05) is 54.1 Å². The third-order valence-corrected chi connectivity index (χ3v) is 7.85. The van der Waals surface area contributed by atoms with Gasteiger partial charge in [-0.15, -0.1) is 0 Å². The van der Waals surface area contributed by atoms with E-state index in [0.717, 1.165) is 106 Å². The van der Waals surface area contributed by atoms with E-state index in [2.05, 4.69) is 76.7 Å². The van der Waals surface area contributed by atoms with Crippen LogP contribution in [-0.2, 0) is 20.7 Å². The van der Waals surface area contributed by atoms with E-state index in [4.69, 9.17) is 13.9 Å². The molecule has 0 saturated carbocycles. The summed E-state index contributed by atoms with van der Waals surface area (Å²) in [6.45, 7) is 12.1.